The van der Waals surface area contributed by atoms with Crippen LogP contribution in [0.4, 0.5) is 4.39 Å². The van der Waals surface area contributed by atoms with E-state index in [0.717, 1.165) is 5.56 Å². The van der Waals surface area contributed by atoms with Gasteiger partial charge < -0.3 is 10.8 Å². The molecule has 0 bridgehead atoms. The Labute approximate surface area is 89.9 Å². The molecule has 3 N–H and O–H groups in total. The smallest absolute Gasteiger partial charge is 0.126 e. The van der Waals surface area contributed by atoms with Gasteiger partial charge in [0.2, 0.25) is 0 Å². The highest BCUT2D eigenvalue weighted by Crippen LogP contribution is 2.22. The molecule has 0 aliphatic rings. The summed E-state index contributed by atoms with van der Waals surface area (Å²) in [4.78, 5) is 0. The summed E-state index contributed by atoms with van der Waals surface area (Å²) in [7, 11) is 0. The van der Waals surface area contributed by atoms with Gasteiger partial charge in [-0.05, 0) is 49.9 Å². The highest BCUT2D eigenvalue weighted by molar-refractivity contribution is 5.27. The van der Waals surface area contributed by atoms with E-state index in [2.05, 4.69) is 0 Å². The van der Waals surface area contributed by atoms with Crippen LogP contribution < -0.4 is 5.73 Å². The fourth-order valence-electron chi connectivity index (χ4n) is 1.70. The Morgan fingerprint density at radius 1 is 1.47 bits per heavy atom. The van der Waals surface area contributed by atoms with Gasteiger partial charge in [0.1, 0.15) is 5.82 Å². The number of aliphatic hydroxyl groups is 1. The number of halogens is 1. The number of hydrogen-bond acceptors (Lipinski definition) is 2. The van der Waals surface area contributed by atoms with Crippen LogP contribution >= 0.6 is 0 Å². The van der Waals surface area contributed by atoms with Crippen molar-refractivity contribution < 1.29 is 9.50 Å². The highest BCUT2D eigenvalue weighted by atomic mass is 19.1. The average molecular weight is 211 g/mol. The minimum Gasteiger partial charge on any atom is -0.393 e. The molecule has 0 spiro atoms. The SMILES string of the molecule is Cc1cc(C(CN)CC(C)O)ccc1F. The maximum Gasteiger partial charge on any atom is 0.126 e. The summed E-state index contributed by atoms with van der Waals surface area (Å²) in [6, 6.07) is 4.99. The van der Waals surface area contributed by atoms with E-state index in [1.165, 1.54) is 6.07 Å². The molecule has 0 aromatic heterocycles. The molecule has 2 nitrogen and oxygen atoms in total. The van der Waals surface area contributed by atoms with Crippen molar-refractivity contribution in [2.24, 2.45) is 5.73 Å². The first-order valence-corrected chi connectivity index (χ1v) is 5.18. The van der Waals surface area contributed by atoms with Crippen molar-refractivity contribution >= 4 is 0 Å². The van der Waals surface area contributed by atoms with Gasteiger partial charge in [-0.15, -0.1) is 0 Å². The summed E-state index contributed by atoms with van der Waals surface area (Å²) in [5.41, 5.74) is 7.26. The molecule has 1 rings (SSSR count). The number of nitrogens with two attached hydrogens (primary N) is 1. The fraction of sp³-hybridized carbons (Fsp3) is 0.500. The molecule has 15 heavy (non-hydrogen) atoms. The van der Waals surface area contributed by atoms with E-state index in [0.29, 0.717) is 18.5 Å². The predicted molar refractivity (Wildman–Crippen MR) is 59.2 cm³/mol. The summed E-state index contributed by atoms with van der Waals surface area (Å²) < 4.78 is 13.0. The molecule has 0 aliphatic carbocycles. The lowest BCUT2D eigenvalue weighted by Crippen LogP contribution is -2.17. The van der Waals surface area contributed by atoms with E-state index in [-0.39, 0.29) is 17.8 Å². The summed E-state index contributed by atoms with van der Waals surface area (Å²) in [5, 5.41) is 9.31. The third-order valence-corrected chi connectivity index (χ3v) is 2.56. The molecular formula is C12H18FNO. The third-order valence-electron chi connectivity index (χ3n) is 2.56. The molecule has 3 heteroatoms. The van der Waals surface area contributed by atoms with Gasteiger partial charge in [-0.2, -0.15) is 0 Å². The van der Waals surface area contributed by atoms with Crippen LogP contribution in [0.25, 0.3) is 0 Å². The Bertz CT molecular complexity index is 325. The second-order valence-corrected chi connectivity index (χ2v) is 4.03. The minimum atomic E-state index is -0.385. The van der Waals surface area contributed by atoms with E-state index in [1.54, 1.807) is 26.0 Å². The third kappa shape index (κ3) is 3.29. The zero-order chi connectivity index (χ0) is 11.4. The summed E-state index contributed by atoms with van der Waals surface area (Å²) in [5.74, 6) is -0.101. The molecule has 0 fully saturated rings. The maximum absolute atomic E-state index is 13.0. The lowest BCUT2D eigenvalue weighted by atomic mass is 9.92. The van der Waals surface area contributed by atoms with Crippen LogP contribution in [0.5, 0.6) is 0 Å². The standard InChI is InChI=1S/C12H18FNO/c1-8-5-10(3-4-12(8)13)11(7-14)6-9(2)15/h3-5,9,11,15H,6-7,14H2,1-2H3. The molecule has 84 valence electrons. The van der Waals surface area contributed by atoms with Crippen LogP contribution in [0.1, 0.15) is 30.4 Å². The van der Waals surface area contributed by atoms with Crippen molar-refractivity contribution in [1.82, 2.24) is 0 Å². The van der Waals surface area contributed by atoms with Crippen LogP contribution in [0, 0.1) is 12.7 Å². The van der Waals surface area contributed by atoms with E-state index in [4.69, 9.17) is 5.73 Å². The van der Waals surface area contributed by atoms with E-state index in [1.807, 2.05) is 0 Å². The maximum atomic E-state index is 13.0. The van der Waals surface area contributed by atoms with Crippen LogP contribution in [-0.4, -0.2) is 17.8 Å². The largest absolute Gasteiger partial charge is 0.393 e. The zero-order valence-electron chi connectivity index (χ0n) is 9.20. The van der Waals surface area contributed by atoms with Crippen molar-refractivity contribution in [2.45, 2.75) is 32.3 Å². The molecule has 0 heterocycles. The van der Waals surface area contributed by atoms with Gasteiger partial charge in [-0.1, -0.05) is 12.1 Å². The first-order chi connectivity index (χ1) is 7.04. The second-order valence-electron chi connectivity index (χ2n) is 4.03. The van der Waals surface area contributed by atoms with E-state index in [9.17, 15) is 9.50 Å². The second kappa shape index (κ2) is 5.24. The molecule has 1 aromatic carbocycles. The van der Waals surface area contributed by atoms with Gasteiger partial charge in [-0.3, -0.25) is 0 Å². The molecule has 0 aliphatic heterocycles. The number of aryl methyl sites for hydroxylation is 1. The monoisotopic (exact) mass is 211 g/mol. The summed E-state index contributed by atoms with van der Waals surface area (Å²) in [6.45, 7) is 3.93. The quantitative estimate of drug-likeness (QED) is 0.799. The van der Waals surface area contributed by atoms with Gasteiger partial charge in [0.15, 0.2) is 0 Å². The number of hydrogen-bond donors (Lipinski definition) is 2. The highest BCUT2D eigenvalue weighted by Gasteiger charge is 2.13. The Morgan fingerprint density at radius 3 is 2.60 bits per heavy atom. The fourth-order valence-corrected chi connectivity index (χ4v) is 1.70. The van der Waals surface area contributed by atoms with E-state index >= 15 is 0 Å². The van der Waals surface area contributed by atoms with Gasteiger partial charge in [0.25, 0.3) is 0 Å². The molecule has 0 saturated carbocycles. The molecule has 0 amide bonds. The minimum absolute atomic E-state index is 0.101. The van der Waals surface area contributed by atoms with Crippen LogP contribution in [0.15, 0.2) is 18.2 Å². The number of rotatable bonds is 4. The topological polar surface area (TPSA) is 46.2 Å². The van der Waals surface area contributed by atoms with Crippen LogP contribution in [-0.2, 0) is 0 Å². The van der Waals surface area contributed by atoms with Crippen molar-refractivity contribution in [3.05, 3.63) is 35.1 Å². The normalized spacial score (nSPS) is 15.0. The van der Waals surface area contributed by atoms with E-state index < -0.39 is 0 Å². The number of benzene rings is 1. The Morgan fingerprint density at radius 2 is 2.13 bits per heavy atom. The predicted octanol–water partition coefficient (Wildman–Crippen LogP) is 1.95. The lowest BCUT2D eigenvalue weighted by Gasteiger charge is -2.17. The molecule has 2 atom stereocenters. The molecule has 0 saturated heterocycles. The first kappa shape index (κ1) is 12.1. The number of aliphatic hydroxyl groups excluding tert-OH is 1. The summed E-state index contributed by atoms with van der Waals surface area (Å²) >= 11 is 0. The van der Waals surface area contributed by atoms with Gasteiger partial charge in [0, 0.05) is 0 Å². The lowest BCUT2D eigenvalue weighted by molar-refractivity contribution is 0.175. The average Bonchev–Trinajstić information content (AvgIpc) is 2.18. The van der Waals surface area contributed by atoms with Gasteiger partial charge >= 0.3 is 0 Å². The molecule has 1 aromatic rings. The van der Waals surface area contributed by atoms with Crippen molar-refractivity contribution in [3.63, 3.8) is 0 Å². The van der Waals surface area contributed by atoms with Gasteiger partial charge in [0.05, 0.1) is 6.10 Å². The Balaban J connectivity index is 2.87. The Hall–Kier alpha value is -0.930. The van der Waals surface area contributed by atoms with Crippen molar-refractivity contribution in [1.29, 1.82) is 0 Å². The van der Waals surface area contributed by atoms with Gasteiger partial charge in [-0.25, -0.2) is 4.39 Å². The van der Waals surface area contributed by atoms with Crippen molar-refractivity contribution in [3.8, 4) is 0 Å². The van der Waals surface area contributed by atoms with Crippen LogP contribution in [0.2, 0.25) is 0 Å². The van der Waals surface area contributed by atoms with Crippen LogP contribution in [0.3, 0.4) is 0 Å². The molecule has 2 unspecified atom stereocenters. The summed E-state index contributed by atoms with van der Waals surface area (Å²) in [6.07, 6.45) is 0.227. The Kier molecular flexibility index (Phi) is 4.24. The first-order valence-electron chi connectivity index (χ1n) is 5.18. The molecular weight excluding hydrogens is 193 g/mol. The molecule has 0 radical (unpaired) electrons. The zero-order valence-corrected chi connectivity index (χ0v) is 9.20. The van der Waals surface area contributed by atoms with Crippen molar-refractivity contribution in [2.75, 3.05) is 6.54 Å².